The van der Waals surface area contributed by atoms with Gasteiger partial charge in [0.15, 0.2) is 24.8 Å². The van der Waals surface area contributed by atoms with E-state index < -0.39 is 17.6 Å². The molecular weight excluding hydrogens is 1820 g/mol. The predicted molar refractivity (Wildman–Crippen MR) is 463 cm³/mol. The summed E-state index contributed by atoms with van der Waals surface area (Å²) in [5.74, 6) is 11.7. The Bertz CT molecular complexity index is 3330. The Balaban J connectivity index is -0.000000699. The Morgan fingerprint density at radius 1 is 0.378 bits per heavy atom. The van der Waals surface area contributed by atoms with E-state index in [4.69, 9.17) is 28.0 Å². The summed E-state index contributed by atoms with van der Waals surface area (Å²) in [5.41, 5.74) is 22.1. The second-order valence-electron chi connectivity index (χ2n) is 32.8. The average Bonchev–Trinajstić information content (AvgIpc) is 0.877. The monoisotopic (exact) mass is 1960 g/mol. The lowest BCUT2D eigenvalue weighted by atomic mass is 10.2. The number of hydrazine groups is 10. The second kappa shape index (κ2) is 66.9. The number of hydrogen-bond acceptors (Lipinski definition) is 21. The van der Waals surface area contributed by atoms with Crippen molar-refractivity contribution in [2.24, 2.45) is 64.9 Å². The number of carbonyl (C=O) groups is 11. The molecule has 34 nitrogen and oxygen atoms in total. The van der Waals surface area contributed by atoms with Crippen LogP contribution in [0.5, 0.6) is 0 Å². The van der Waals surface area contributed by atoms with Crippen LogP contribution in [-0.4, -0.2) is 243 Å². The number of aromatic nitrogens is 2. The van der Waals surface area contributed by atoms with Gasteiger partial charge >= 0.3 is 17.9 Å². The summed E-state index contributed by atoms with van der Waals surface area (Å²) < 4.78 is 8.77. The first kappa shape index (κ1) is 119. The number of carbonyl (C=O) groups excluding carboxylic acids is 11. The standard InChI is InChI=1S/C22H37N5O4.C17H29N5O2.C16H25BrN4O2.C13H27BrN4O2.C12H25ClN4O2.2BrH/c1-17(2)13-26(24-21(30)31-22(5,6)7)16-20(29)27(14-18(3)4)23-19(28)15-25-11-9-8-10-12-25;1-14(2)10-21(18)13-17(24)22(11-15(3)4)19-16(23)12-20-8-6-5-7-9-20;1-13(2)10-20(18-3)12-16(23)21(19-15(22)9-17)11-14-7-5-4-6-8-14;1-10(2)7-17(15-5)9-13(20)18(8-11(3)4)16-12(19)6-14;1-9(2)6-16(14)8-12(19)17(7-10(3)4)15-11(18)5-13;;/h8-12,17-18H,13-16H2,1-7H3,(H-,23,24,28,30);5-9,14-15H,10-13,18H2,1-4H3;4-8,13,18H,9-12H2,1-3H3,(H,19,22);10-11,15H,6-9H2,1-5H3,(H,16,19);9-10H,5-8,14H2,1-4H3,(H,15,18);2*1H. The van der Waals surface area contributed by atoms with Crippen molar-refractivity contribution in [2.45, 2.75) is 171 Å². The van der Waals surface area contributed by atoms with E-state index in [-0.39, 0.29) is 179 Å². The molecule has 2 aromatic heterocycles. The number of amides is 11. The van der Waals surface area contributed by atoms with Crippen LogP contribution in [0.2, 0.25) is 0 Å². The summed E-state index contributed by atoms with van der Waals surface area (Å²) in [6.07, 6.45) is 6.55. The highest BCUT2D eigenvalue weighted by molar-refractivity contribution is 9.09. The van der Waals surface area contributed by atoms with Crippen molar-refractivity contribution in [3.05, 3.63) is 97.1 Å². The number of pyridine rings is 2. The van der Waals surface area contributed by atoms with Crippen LogP contribution in [0.1, 0.15) is 151 Å². The lowest BCUT2D eigenvalue weighted by molar-refractivity contribution is -0.684. The quantitative estimate of drug-likeness (QED) is 0.0146. The molecule has 12 N–H and O–H groups in total. The minimum absolute atomic E-state index is 0. The summed E-state index contributed by atoms with van der Waals surface area (Å²) in [7, 11) is 3.58. The van der Waals surface area contributed by atoms with Crippen molar-refractivity contribution in [3.63, 3.8) is 0 Å². The molecule has 682 valence electrons. The van der Waals surface area contributed by atoms with Gasteiger partial charge in [0.2, 0.25) is 24.9 Å². The number of nitrogens with zero attached hydrogens (tertiary/aromatic N) is 12. The van der Waals surface area contributed by atoms with Crippen molar-refractivity contribution in [2.75, 3.05) is 122 Å². The molecule has 1 aromatic carbocycles. The highest BCUT2D eigenvalue weighted by atomic mass is 79.9. The van der Waals surface area contributed by atoms with Gasteiger partial charge in [0, 0.05) is 83.2 Å². The molecule has 0 spiro atoms. The smallest absolute Gasteiger partial charge is 0.422 e. The third-order valence-corrected chi connectivity index (χ3v) is 15.9. The molecule has 0 aliphatic heterocycles. The van der Waals surface area contributed by atoms with Crippen molar-refractivity contribution >= 4 is 109 Å². The maximum absolute atomic E-state index is 13.0. The first-order chi connectivity index (χ1) is 54.6. The Hall–Kier alpha value is -6.66. The van der Waals surface area contributed by atoms with Crippen LogP contribution in [0, 0.1) is 53.3 Å². The summed E-state index contributed by atoms with van der Waals surface area (Å²) in [5, 5.41) is 15.2. The first-order valence-electron chi connectivity index (χ1n) is 39.8. The van der Waals surface area contributed by atoms with Crippen LogP contribution in [0.15, 0.2) is 91.5 Å². The van der Waals surface area contributed by atoms with Gasteiger partial charge in [0.1, 0.15) is 11.5 Å². The SMILES string of the molecule is CC(C)CN(CC(=O)N(CC(C)C)NC(=O)C[n+]1ccccc1)NC(=O)OC(C)(C)C.CC(C)CN(N)CC(=O)N(CC(C)C)NC(=O)CCl.CC(C)CN(N)CC(=O)N(CC(C)C)NC(=O)C[n+]1ccccc1.CNN(CC(=O)N(CC(C)C)NC(=O)CBr)CC(C)C.CNN(CC(=O)N(Cc1ccccc1)NC(=O)CBr)CC(C)C.[Br-].[Br-]. The summed E-state index contributed by atoms with van der Waals surface area (Å²) >= 11 is 11.6. The molecule has 0 saturated carbocycles. The zero-order valence-corrected chi connectivity index (χ0v) is 81.9. The van der Waals surface area contributed by atoms with Crippen LogP contribution in [-0.2, 0) is 72.3 Å². The highest BCUT2D eigenvalue weighted by Crippen LogP contribution is 2.11. The highest BCUT2D eigenvalue weighted by Gasteiger charge is 2.28. The van der Waals surface area contributed by atoms with Gasteiger partial charge in [-0.3, -0.25) is 123 Å². The number of rotatable bonds is 40. The van der Waals surface area contributed by atoms with Gasteiger partial charge in [-0.15, -0.1) is 11.6 Å². The third-order valence-electron chi connectivity index (χ3n) is 14.6. The molecule has 0 fully saturated rings. The predicted octanol–water partition coefficient (Wildman–Crippen LogP) is -0.687. The molecule has 0 radical (unpaired) electrons. The van der Waals surface area contributed by atoms with E-state index in [1.807, 2.05) is 174 Å². The summed E-state index contributed by atoms with van der Waals surface area (Å²) in [4.78, 5) is 134. The number of hydrogen-bond donors (Lipinski definition) is 10. The van der Waals surface area contributed by atoms with E-state index in [0.29, 0.717) is 76.0 Å². The van der Waals surface area contributed by atoms with E-state index in [1.54, 1.807) is 68.8 Å². The molecule has 2 heterocycles. The van der Waals surface area contributed by atoms with Gasteiger partial charge in [-0.2, -0.15) is 9.13 Å². The molecule has 0 unspecified atom stereocenters. The van der Waals surface area contributed by atoms with Gasteiger partial charge in [-0.1, -0.05) is 199 Å². The van der Waals surface area contributed by atoms with Crippen molar-refractivity contribution in [1.29, 1.82) is 0 Å². The molecule has 0 aliphatic rings. The Morgan fingerprint density at radius 2 is 0.647 bits per heavy atom. The second-order valence-corrected chi connectivity index (χ2v) is 34.1. The summed E-state index contributed by atoms with van der Waals surface area (Å²) in [6.45, 7) is 47.5. The number of alkyl halides is 3. The topological polar surface area (TPSA) is 385 Å². The van der Waals surface area contributed by atoms with E-state index in [9.17, 15) is 52.7 Å². The number of halogens is 5. The number of benzene rings is 1. The minimum Gasteiger partial charge on any atom is -1.00 e. The fraction of sp³-hybridized carbons (Fsp3) is 0.662. The lowest BCUT2D eigenvalue weighted by Crippen LogP contribution is -3.00. The van der Waals surface area contributed by atoms with Gasteiger partial charge in [0.05, 0.1) is 49.9 Å². The molecule has 119 heavy (non-hydrogen) atoms. The van der Waals surface area contributed by atoms with Crippen molar-refractivity contribution in [3.8, 4) is 0 Å². The third kappa shape index (κ3) is 63.9. The van der Waals surface area contributed by atoms with Crippen molar-refractivity contribution < 1.29 is 101 Å². The fourth-order valence-electron chi connectivity index (χ4n) is 10.3. The van der Waals surface area contributed by atoms with Crippen LogP contribution >= 0.6 is 43.5 Å². The largest absolute Gasteiger partial charge is 1.00 e. The van der Waals surface area contributed by atoms with E-state index in [0.717, 1.165) is 18.7 Å². The Labute approximate surface area is 752 Å². The fourth-order valence-corrected chi connectivity index (χ4v) is 10.6. The van der Waals surface area contributed by atoms with E-state index >= 15 is 0 Å². The maximum Gasteiger partial charge on any atom is 0.422 e. The molecule has 0 saturated heterocycles. The van der Waals surface area contributed by atoms with E-state index in [1.165, 1.54) is 40.1 Å². The molecule has 3 rings (SSSR count). The number of ether oxygens (including phenoxy) is 1. The van der Waals surface area contributed by atoms with Gasteiger partial charge in [0.25, 0.3) is 35.4 Å². The molecule has 39 heteroatoms. The Kier molecular flexibility index (Phi) is 66.7. The van der Waals surface area contributed by atoms with Gasteiger partial charge < -0.3 is 38.7 Å². The van der Waals surface area contributed by atoms with Crippen LogP contribution in [0.25, 0.3) is 0 Å². The molecule has 3 aromatic rings. The van der Waals surface area contributed by atoms with Crippen LogP contribution < -0.4 is 98.2 Å². The van der Waals surface area contributed by atoms with Gasteiger partial charge in [-0.25, -0.2) is 34.8 Å². The molecule has 11 amide bonds. The minimum atomic E-state index is -0.648. The zero-order chi connectivity index (χ0) is 89.7. The van der Waals surface area contributed by atoms with Crippen molar-refractivity contribution in [1.82, 2.24) is 93.5 Å². The summed E-state index contributed by atoms with van der Waals surface area (Å²) in [6, 6.07) is 20.7. The lowest BCUT2D eigenvalue weighted by Gasteiger charge is -2.30. The maximum atomic E-state index is 13.0. The zero-order valence-electron chi connectivity index (χ0n) is 74.8. The molecule has 0 bridgehead atoms. The molecule has 0 atom stereocenters. The van der Waals surface area contributed by atoms with E-state index in [2.05, 4.69) is 103 Å². The average molecular weight is 1960 g/mol. The number of nitrogens with one attached hydrogen (secondary N) is 8. The Morgan fingerprint density at radius 3 is 0.941 bits per heavy atom. The first-order valence-corrected chi connectivity index (χ1v) is 42.6. The van der Waals surface area contributed by atoms with Crippen LogP contribution in [0.4, 0.5) is 4.79 Å². The van der Waals surface area contributed by atoms with Gasteiger partial charge in [-0.05, 0) is 93.7 Å². The molecular formula is C80H145Br4ClN22O12. The normalized spacial score (nSPS) is 11.0. The van der Waals surface area contributed by atoms with Crippen LogP contribution in [0.3, 0.4) is 0 Å². The molecule has 0 aliphatic carbocycles. The number of nitrogens with two attached hydrogens (primary N) is 2.